The molecule has 0 bridgehead atoms. The Hall–Kier alpha value is -1.16. The van der Waals surface area contributed by atoms with E-state index in [1.165, 1.54) is 19.3 Å². The van der Waals surface area contributed by atoms with E-state index in [2.05, 4.69) is 0 Å². The molecule has 2 nitrogen and oxygen atoms in total. The molecule has 0 saturated heterocycles. The molecule has 0 amide bonds. The van der Waals surface area contributed by atoms with E-state index < -0.39 is 11.6 Å². The summed E-state index contributed by atoms with van der Waals surface area (Å²) in [6.07, 6.45) is 5.72. The van der Waals surface area contributed by atoms with E-state index in [0.717, 1.165) is 12.8 Å². The number of rotatable bonds is 4. The fraction of sp³-hybridized carbons (Fsp3) is 0.600. The van der Waals surface area contributed by atoms with Crippen molar-refractivity contribution in [3.05, 3.63) is 29.3 Å². The monoisotopic (exact) mass is 268 g/mol. The maximum atomic E-state index is 14.2. The van der Waals surface area contributed by atoms with Gasteiger partial charge in [0.1, 0.15) is 0 Å². The molecule has 0 radical (unpaired) electrons. The van der Waals surface area contributed by atoms with Gasteiger partial charge in [-0.05, 0) is 25.8 Å². The second-order valence-electron chi connectivity index (χ2n) is 5.15. The van der Waals surface area contributed by atoms with Crippen LogP contribution in [0.25, 0.3) is 0 Å². The maximum absolute atomic E-state index is 14.2. The predicted molar refractivity (Wildman–Crippen MR) is 74.1 cm³/mol. The SMILES string of the molecule is CCN(c1ccc(CN)c(F)c1F)C1CCCCC1. The van der Waals surface area contributed by atoms with E-state index in [9.17, 15) is 8.78 Å². The van der Waals surface area contributed by atoms with Crippen LogP contribution in [0.5, 0.6) is 0 Å². The van der Waals surface area contributed by atoms with Gasteiger partial charge in [0.15, 0.2) is 11.6 Å². The van der Waals surface area contributed by atoms with E-state index in [1.807, 2.05) is 11.8 Å². The van der Waals surface area contributed by atoms with E-state index in [-0.39, 0.29) is 12.1 Å². The van der Waals surface area contributed by atoms with Crippen LogP contribution in [0.1, 0.15) is 44.6 Å². The summed E-state index contributed by atoms with van der Waals surface area (Å²) in [6.45, 7) is 2.71. The Morgan fingerprint density at radius 1 is 1.16 bits per heavy atom. The van der Waals surface area contributed by atoms with Crippen molar-refractivity contribution in [2.45, 2.75) is 51.6 Å². The summed E-state index contributed by atoms with van der Waals surface area (Å²) in [5.41, 5.74) is 6.02. The second kappa shape index (κ2) is 6.33. The molecule has 19 heavy (non-hydrogen) atoms. The van der Waals surface area contributed by atoms with Gasteiger partial charge in [0.2, 0.25) is 0 Å². The van der Waals surface area contributed by atoms with Crippen molar-refractivity contribution >= 4 is 5.69 Å². The number of nitrogens with zero attached hydrogens (tertiary/aromatic N) is 1. The van der Waals surface area contributed by atoms with Gasteiger partial charge in [-0.1, -0.05) is 25.3 Å². The molecule has 1 aliphatic carbocycles. The first-order valence-electron chi connectivity index (χ1n) is 7.12. The van der Waals surface area contributed by atoms with Crippen molar-refractivity contribution in [2.75, 3.05) is 11.4 Å². The van der Waals surface area contributed by atoms with Gasteiger partial charge in [-0.15, -0.1) is 0 Å². The maximum Gasteiger partial charge on any atom is 0.182 e. The second-order valence-corrected chi connectivity index (χ2v) is 5.15. The third-order valence-corrected chi connectivity index (χ3v) is 4.03. The van der Waals surface area contributed by atoms with Crippen molar-refractivity contribution in [1.82, 2.24) is 0 Å². The lowest BCUT2D eigenvalue weighted by Crippen LogP contribution is -2.37. The molecule has 4 heteroatoms. The zero-order valence-corrected chi connectivity index (χ0v) is 11.5. The average Bonchev–Trinajstić information content (AvgIpc) is 2.45. The van der Waals surface area contributed by atoms with E-state index in [0.29, 0.717) is 18.3 Å². The minimum Gasteiger partial charge on any atom is -0.366 e. The molecule has 106 valence electrons. The van der Waals surface area contributed by atoms with Gasteiger partial charge >= 0.3 is 0 Å². The highest BCUT2D eigenvalue weighted by Gasteiger charge is 2.24. The lowest BCUT2D eigenvalue weighted by atomic mass is 9.93. The first-order chi connectivity index (χ1) is 9.19. The minimum atomic E-state index is -0.797. The quantitative estimate of drug-likeness (QED) is 0.904. The Kier molecular flexibility index (Phi) is 4.75. The van der Waals surface area contributed by atoms with E-state index in [1.54, 1.807) is 12.1 Å². The topological polar surface area (TPSA) is 29.3 Å². The minimum absolute atomic E-state index is 0.0264. The third-order valence-electron chi connectivity index (χ3n) is 4.03. The lowest BCUT2D eigenvalue weighted by molar-refractivity contribution is 0.411. The summed E-state index contributed by atoms with van der Waals surface area (Å²) in [5, 5.41) is 0. The molecule has 0 spiro atoms. The standard InChI is InChI=1S/C15H22F2N2/c1-2-19(12-6-4-3-5-7-12)13-9-8-11(10-18)14(16)15(13)17/h8-9,12H,2-7,10,18H2,1H3. The van der Waals surface area contributed by atoms with Gasteiger partial charge in [0, 0.05) is 24.7 Å². The molecular formula is C15H22F2N2. The van der Waals surface area contributed by atoms with E-state index in [4.69, 9.17) is 5.73 Å². The number of benzene rings is 1. The highest BCUT2D eigenvalue weighted by Crippen LogP contribution is 2.30. The van der Waals surface area contributed by atoms with Crippen LogP contribution in [0.2, 0.25) is 0 Å². The molecule has 0 aliphatic heterocycles. The van der Waals surface area contributed by atoms with Gasteiger partial charge in [-0.2, -0.15) is 0 Å². The van der Waals surface area contributed by atoms with Crippen LogP contribution >= 0.6 is 0 Å². The van der Waals surface area contributed by atoms with Crippen molar-refractivity contribution in [1.29, 1.82) is 0 Å². The summed E-state index contributed by atoms with van der Waals surface area (Å²) >= 11 is 0. The molecule has 1 saturated carbocycles. The van der Waals surface area contributed by atoms with Crippen LogP contribution in [0.3, 0.4) is 0 Å². The summed E-state index contributed by atoms with van der Waals surface area (Å²) < 4.78 is 28.0. The molecule has 0 unspecified atom stereocenters. The fourth-order valence-corrected chi connectivity index (χ4v) is 2.98. The predicted octanol–water partition coefficient (Wildman–Crippen LogP) is 3.58. The molecule has 1 aromatic carbocycles. The fourth-order valence-electron chi connectivity index (χ4n) is 2.98. The van der Waals surface area contributed by atoms with Gasteiger partial charge in [-0.3, -0.25) is 0 Å². The zero-order valence-electron chi connectivity index (χ0n) is 11.5. The van der Waals surface area contributed by atoms with Crippen molar-refractivity contribution in [3.8, 4) is 0 Å². The first-order valence-corrected chi connectivity index (χ1v) is 7.12. The average molecular weight is 268 g/mol. The Balaban J connectivity index is 2.30. The van der Waals surface area contributed by atoms with Crippen LogP contribution in [0.4, 0.5) is 14.5 Å². The summed E-state index contributed by atoms with van der Waals surface area (Å²) in [5.74, 6) is -1.55. The van der Waals surface area contributed by atoms with Crippen LogP contribution < -0.4 is 10.6 Å². The molecule has 1 aromatic rings. The van der Waals surface area contributed by atoms with Gasteiger partial charge in [0.25, 0.3) is 0 Å². The molecule has 1 fully saturated rings. The highest BCUT2D eigenvalue weighted by atomic mass is 19.2. The van der Waals surface area contributed by atoms with Gasteiger partial charge < -0.3 is 10.6 Å². The largest absolute Gasteiger partial charge is 0.366 e. The van der Waals surface area contributed by atoms with Crippen molar-refractivity contribution in [3.63, 3.8) is 0 Å². The summed E-state index contributed by atoms with van der Waals surface area (Å²) in [7, 11) is 0. The Morgan fingerprint density at radius 2 is 1.84 bits per heavy atom. The summed E-state index contributed by atoms with van der Waals surface area (Å²) in [4.78, 5) is 2.00. The molecule has 0 atom stereocenters. The molecule has 1 aliphatic rings. The normalized spacial score (nSPS) is 16.6. The van der Waals surface area contributed by atoms with Crippen molar-refractivity contribution in [2.24, 2.45) is 5.73 Å². The first kappa shape index (κ1) is 14.3. The van der Waals surface area contributed by atoms with Gasteiger partial charge in [-0.25, -0.2) is 8.78 Å². The smallest absolute Gasteiger partial charge is 0.182 e. The highest BCUT2D eigenvalue weighted by molar-refractivity contribution is 5.50. The number of anilines is 1. The molecule has 0 aromatic heterocycles. The zero-order chi connectivity index (χ0) is 13.8. The summed E-state index contributed by atoms with van der Waals surface area (Å²) in [6, 6.07) is 3.59. The Labute approximate surface area is 113 Å². The van der Waals surface area contributed by atoms with Gasteiger partial charge in [0.05, 0.1) is 5.69 Å². The molecule has 0 heterocycles. The number of nitrogens with two attached hydrogens (primary N) is 1. The van der Waals surface area contributed by atoms with Crippen LogP contribution in [0, 0.1) is 11.6 Å². The third kappa shape index (κ3) is 2.89. The van der Waals surface area contributed by atoms with E-state index >= 15 is 0 Å². The molecule has 2 rings (SSSR count). The number of hydrogen-bond donors (Lipinski definition) is 1. The number of halogens is 2. The van der Waals surface area contributed by atoms with Crippen LogP contribution in [-0.2, 0) is 6.54 Å². The Bertz CT molecular complexity index is 428. The Morgan fingerprint density at radius 3 is 2.42 bits per heavy atom. The van der Waals surface area contributed by atoms with Crippen LogP contribution in [-0.4, -0.2) is 12.6 Å². The number of hydrogen-bond acceptors (Lipinski definition) is 2. The van der Waals surface area contributed by atoms with Crippen molar-refractivity contribution < 1.29 is 8.78 Å². The lowest BCUT2D eigenvalue weighted by Gasteiger charge is -2.35. The molecule has 2 N–H and O–H groups in total. The van der Waals surface area contributed by atoms with Crippen LogP contribution in [0.15, 0.2) is 12.1 Å². The molecular weight excluding hydrogens is 246 g/mol.